The minimum atomic E-state index is -1.08. The summed E-state index contributed by atoms with van der Waals surface area (Å²) in [6.07, 6.45) is -2.99. The molecule has 0 aromatic heterocycles. The minimum absolute atomic E-state index is 0.223. The lowest BCUT2D eigenvalue weighted by molar-refractivity contribution is -0.199. The SMILES string of the molecule is CC(=O)OCC1O[C@@H](Br)C(OC(C)=O)[C@@H](N=[N+]=[N-])[C@H]1OC(C)=O. The number of esters is 3. The molecule has 0 aromatic rings. The van der Waals surface area contributed by atoms with E-state index >= 15 is 0 Å². The van der Waals surface area contributed by atoms with Crippen molar-refractivity contribution in [1.29, 1.82) is 0 Å². The minimum Gasteiger partial charge on any atom is -0.463 e. The highest BCUT2D eigenvalue weighted by atomic mass is 79.9. The molecular formula is C12H16BrN3O7. The standard InChI is InChI=1S/C12H16BrN3O7/c1-5(17)20-4-8-10(21-6(2)18)9(15-16-14)11(12(13)23-8)22-7(3)19/h8-12H,4H2,1-3H3/t8?,9-,10-,11?,12+/m0/s1. The number of carbonyl (C=O) groups is 3. The van der Waals surface area contributed by atoms with Crippen molar-refractivity contribution in [2.75, 3.05) is 6.61 Å². The summed E-state index contributed by atoms with van der Waals surface area (Å²) in [6, 6.07) is -1.05. The van der Waals surface area contributed by atoms with Crippen molar-refractivity contribution in [2.45, 2.75) is 50.1 Å². The molecule has 1 aliphatic heterocycles. The highest BCUT2D eigenvalue weighted by molar-refractivity contribution is 9.09. The number of azide groups is 1. The van der Waals surface area contributed by atoms with Crippen LogP contribution in [0.4, 0.5) is 0 Å². The van der Waals surface area contributed by atoms with E-state index in [0.717, 1.165) is 6.92 Å². The lowest BCUT2D eigenvalue weighted by Gasteiger charge is -2.41. The molecule has 0 N–H and O–H groups in total. The van der Waals surface area contributed by atoms with Gasteiger partial charge in [0.2, 0.25) is 0 Å². The van der Waals surface area contributed by atoms with Gasteiger partial charge in [0.15, 0.2) is 5.01 Å². The third-order valence-corrected chi connectivity index (χ3v) is 3.58. The van der Waals surface area contributed by atoms with Crippen LogP contribution in [0.2, 0.25) is 0 Å². The summed E-state index contributed by atoms with van der Waals surface area (Å²) in [6.45, 7) is 3.33. The maximum absolute atomic E-state index is 11.3. The molecule has 23 heavy (non-hydrogen) atoms. The second-order valence-electron chi connectivity index (χ2n) is 4.67. The zero-order chi connectivity index (χ0) is 17.6. The first-order chi connectivity index (χ1) is 10.8. The molecule has 0 aliphatic carbocycles. The summed E-state index contributed by atoms with van der Waals surface area (Å²) in [5.74, 6) is -1.83. The van der Waals surface area contributed by atoms with Crippen molar-refractivity contribution in [1.82, 2.24) is 0 Å². The van der Waals surface area contributed by atoms with Gasteiger partial charge in [0.25, 0.3) is 0 Å². The van der Waals surface area contributed by atoms with Crippen molar-refractivity contribution in [3.63, 3.8) is 0 Å². The van der Waals surface area contributed by atoms with Gasteiger partial charge in [0.1, 0.15) is 31.0 Å². The van der Waals surface area contributed by atoms with Crippen molar-refractivity contribution in [3.8, 4) is 0 Å². The van der Waals surface area contributed by atoms with Crippen LogP contribution >= 0.6 is 15.9 Å². The van der Waals surface area contributed by atoms with Crippen LogP contribution in [0.3, 0.4) is 0 Å². The van der Waals surface area contributed by atoms with Crippen molar-refractivity contribution in [3.05, 3.63) is 10.4 Å². The molecule has 2 unspecified atom stereocenters. The van der Waals surface area contributed by atoms with Crippen molar-refractivity contribution in [2.24, 2.45) is 5.11 Å². The molecular weight excluding hydrogens is 378 g/mol. The van der Waals surface area contributed by atoms with E-state index in [2.05, 4.69) is 26.0 Å². The van der Waals surface area contributed by atoms with Gasteiger partial charge in [-0.2, -0.15) is 0 Å². The van der Waals surface area contributed by atoms with E-state index in [-0.39, 0.29) is 6.61 Å². The van der Waals surface area contributed by atoms with Crippen LogP contribution < -0.4 is 0 Å². The van der Waals surface area contributed by atoms with Gasteiger partial charge >= 0.3 is 17.9 Å². The van der Waals surface area contributed by atoms with Gasteiger partial charge in [-0.15, -0.1) is 0 Å². The van der Waals surface area contributed by atoms with Crippen LogP contribution in [0, 0.1) is 0 Å². The first-order valence-electron chi connectivity index (χ1n) is 6.57. The highest BCUT2D eigenvalue weighted by Crippen LogP contribution is 2.31. The Morgan fingerprint density at radius 2 is 1.70 bits per heavy atom. The molecule has 0 saturated carbocycles. The summed E-state index contributed by atoms with van der Waals surface area (Å²) in [4.78, 5) is 36.2. The van der Waals surface area contributed by atoms with E-state index in [0.29, 0.717) is 0 Å². The molecule has 1 heterocycles. The predicted octanol–water partition coefficient (Wildman–Crippen LogP) is 1.21. The van der Waals surface area contributed by atoms with Gasteiger partial charge in [-0.1, -0.05) is 21.0 Å². The van der Waals surface area contributed by atoms with Crippen LogP contribution in [-0.4, -0.2) is 53.9 Å². The second kappa shape index (κ2) is 8.70. The number of hydrogen-bond donors (Lipinski definition) is 0. The molecule has 1 saturated heterocycles. The zero-order valence-corrected chi connectivity index (χ0v) is 14.3. The maximum atomic E-state index is 11.3. The second-order valence-corrected chi connectivity index (χ2v) is 5.57. The van der Waals surface area contributed by atoms with Crippen molar-refractivity contribution < 1.29 is 33.3 Å². The molecule has 0 bridgehead atoms. The average molecular weight is 394 g/mol. The maximum Gasteiger partial charge on any atom is 0.303 e. The van der Waals surface area contributed by atoms with E-state index in [1.807, 2.05) is 0 Å². The fourth-order valence-electron chi connectivity index (χ4n) is 2.06. The molecule has 1 aliphatic rings. The molecule has 0 aromatic carbocycles. The van der Waals surface area contributed by atoms with E-state index in [1.54, 1.807) is 0 Å². The quantitative estimate of drug-likeness (QED) is 0.171. The Kier molecular flexibility index (Phi) is 7.27. The Balaban J connectivity index is 3.09. The number of ether oxygens (including phenoxy) is 4. The first kappa shape index (κ1) is 19.2. The van der Waals surface area contributed by atoms with Gasteiger partial charge in [0, 0.05) is 25.7 Å². The number of halogens is 1. The van der Waals surface area contributed by atoms with Crippen LogP contribution in [0.25, 0.3) is 10.4 Å². The number of hydrogen-bond acceptors (Lipinski definition) is 8. The Morgan fingerprint density at radius 3 is 2.17 bits per heavy atom. The number of rotatable bonds is 5. The Morgan fingerprint density at radius 1 is 1.13 bits per heavy atom. The van der Waals surface area contributed by atoms with E-state index in [9.17, 15) is 14.4 Å². The third kappa shape index (κ3) is 5.70. The molecule has 11 heteroatoms. The Bertz CT molecular complexity index is 523. The fraction of sp³-hybridized carbons (Fsp3) is 0.750. The van der Waals surface area contributed by atoms with Crippen LogP contribution in [0.5, 0.6) is 0 Å². The van der Waals surface area contributed by atoms with Crippen LogP contribution in [0.1, 0.15) is 20.8 Å². The van der Waals surface area contributed by atoms with E-state index < -0.39 is 47.3 Å². The Hall–Kier alpha value is -1.84. The average Bonchev–Trinajstić information content (AvgIpc) is 2.43. The van der Waals surface area contributed by atoms with Gasteiger partial charge in [-0.3, -0.25) is 14.4 Å². The van der Waals surface area contributed by atoms with Gasteiger partial charge in [-0.05, 0) is 5.53 Å². The fourth-order valence-corrected chi connectivity index (χ4v) is 2.76. The number of nitrogens with zero attached hydrogens (tertiary/aromatic N) is 3. The molecule has 10 nitrogen and oxygen atoms in total. The molecule has 1 rings (SSSR count). The summed E-state index contributed by atoms with van der Waals surface area (Å²) in [7, 11) is 0. The highest BCUT2D eigenvalue weighted by Gasteiger charge is 2.48. The summed E-state index contributed by atoms with van der Waals surface area (Å²) in [5.41, 5.74) is 8.75. The van der Waals surface area contributed by atoms with Crippen LogP contribution in [0.15, 0.2) is 5.11 Å². The topological polar surface area (TPSA) is 137 Å². The predicted molar refractivity (Wildman–Crippen MR) is 78.3 cm³/mol. The van der Waals surface area contributed by atoms with Gasteiger partial charge in [-0.25, -0.2) is 0 Å². The molecule has 128 valence electrons. The lowest BCUT2D eigenvalue weighted by Crippen LogP contribution is -2.58. The molecule has 0 spiro atoms. The molecule has 0 amide bonds. The largest absolute Gasteiger partial charge is 0.463 e. The van der Waals surface area contributed by atoms with E-state index in [4.69, 9.17) is 24.5 Å². The summed E-state index contributed by atoms with van der Waals surface area (Å²) >= 11 is 3.17. The smallest absolute Gasteiger partial charge is 0.303 e. The number of alkyl halides is 1. The third-order valence-electron chi connectivity index (χ3n) is 2.84. The lowest BCUT2D eigenvalue weighted by atomic mass is 9.97. The van der Waals surface area contributed by atoms with Crippen LogP contribution in [-0.2, 0) is 33.3 Å². The molecule has 5 atom stereocenters. The first-order valence-corrected chi connectivity index (χ1v) is 7.49. The van der Waals surface area contributed by atoms with E-state index in [1.165, 1.54) is 13.8 Å². The molecule has 0 radical (unpaired) electrons. The van der Waals surface area contributed by atoms with Gasteiger partial charge in [0.05, 0.1) is 0 Å². The van der Waals surface area contributed by atoms with Gasteiger partial charge < -0.3 is 18.9 Å². The summed E-state index contributed by atoms with van der Waals surface area (Å²) < 4.78 is 20.6. The number of carbonyl (C=O) groups excluding carboxylic acids is 3. The molecule has 1 fully saturated rings. The normalized spacial score (nSPS) is 29.8. The monoisotopic (exact) mass is 393 g/mol. The summed E-state index contributed by atoms with van der Waals surface area (Å²) in [5, 5.41) is 2.72. The Labute approximate surface area is 140 Å². The van der Waals surface area contributed by atoms with Crippen molar-refractivity contribution >= 4 is 33.8 Å². The zero-order valence-electron chi connectivity index (χ0n) is 12.7.